The highest BCUT2D eigenvalue weighted by Gasteiger charge is 2.52. The molecule has 4 aromatic rings. The number of halogens is 20. The van der Waals surface area contributed by atoms with E-state index in [0.717, 1.165) is 0 Å². The summed E-state index contributed by atoms with van der Waals surface area (Å²) in [5.74, 6) is -71.4. The average molecular weight is 1060 g/mol. The number of nitrogens with one attached hydrogen (secondary N) is 1. The fourth-order valence-corrected chi connectivity index (χ4v) is 9.03. The second-order valence-corrected chi connectivity index (χ2v) is 17.8. The molecule has 0 aliphatic rings. The first kappa shape index (κ1) is 61.8. The smallest absolute Gasteiger partial charge is 0.200 e. The molecule has 0 aliphatic carbocycles. The molecule has 72 heavy (non-hydrogen) atoms. The van der Waals surface area contributed by atoms with Crippen LogP contribution < -0.4 is 26.8 Å². The van der Waals surface area contributed by atoms with Gasteiger partial charge in [-0.1, -0.05) is 124 Å². The number of rotatable bonds is 27. The highest BCUT2D eigenvalue weighted by atomic mass is 19.2. The molecule has 4 aromatic carbocycles. The summed E-state index contributed by atoms with van der Waals surface area (Å²) in [6.45, 7) is 11.2. The van der Waals surface area contributed by atoms with Crippen molar-refractivity contribution in [3.63, 3.8) is 0 Å². The third-order valence-electron chi connectivity index (χ3n) is 12.9. The molecule has 0 aromatic heterocycles. The number of unbranched alkanes of at least 4 members (excludes halogenated alkanes) is 17. The van der Waals surface area contributed by atoms with Crippen molar-refractivity contribution in [3.8, 4) is 0 Å². The van der Waals surface area contributed by atoms with Crippen molar-refractivity contribution in [3.05, 3.63) is 116 Å². The van der Waals surface area contributed by atoms with Crippen molar-refractivity contribution in [2.75, 3.05) is 19.6 Å². The van der Waals surface area contributed by atoms with Gasteiger partial charge in [-0.05, 0) is 25.7 Å². The van der Waals surface area contributed by atoms with Crippen LogP contribution in [-0.2, 0) is 0 Å². The number of hydrogen-bond donors (Lipinski definition) is 1. The maximum absolute atomic E-state index is 15.4. The number of quaternary nitrogens is 1. The van der Waals surface area contributed by atoms with Crippen LogP contribution in [-0.4, -0.2) is 25.8 Å². The zero-order chi connectivity index (χ0) is 54.2. The predicted octanol–water partition coefficient (Wildman–Crippen LogP) is 13.6. The van der Waals surface area contributed by atoms with E-state index in [1.165, 1.54) is 148 Å². The summed E-state index contributed by atoms with van der Waals surface area (Å²) >= 11 is 0. The third-order valence-corrected chi connectivity index (χ3v) is 12.9. The predicted molar refractivity (Wildman–Crippen MR) is 234 cm³/mol. The average Bonchev–Trinajstić information content (AvgIpc) is 3.36. The SMILES string of the molecule is CCCCCCCCCCCCCCCCCC[NH+](CCCC)CCCC.Fc1c(F)c(F)c([B-](c2c(F)c(F)c(F)c(F)c2F)(c2c(F)c(F)c(F)c(F)c2F)c2c(F)c(F)c(F)c(F)c2F)c(F)c1F. The van der Waals surface area contributed by atoms with Crippen LogP contribution >= 0.6 is 0 Å². The van der Waals surface area contributed by atoms with Gasteiger partial charge in [0.2, 0.25) is 0 Å². The molecule has 0 spiro atoms. The van der Waals surface area contributed by atoms with Gasteiger partial charge < -0.3 is 4.90 Å². The Morgan fingerprint density at radius 3 is 0.556 bits per heavy atom. The number of benzene rings is 4. The Morgan fingerprint density at radius 2 is 0.361 bits per heavy atom. The Kier molecular flexibility index (Phi) is 24.7. The van der Waals surface area contributed by atoms with Gasteiger partial charge in [0.1, 0.15) is 52.7 Å². The summed E-state index contributed by atoms with van der Waals surface area (Å²) in [6.07, 6.45) is 21.9. The van der Waals surface area contributed by atoms with Gasteiger partial charge in [0.15, 0.2) is 69.8 Å². The molecular formula is C50H56BF20N. The van der Waals surface area contributed by atoms with Crippen LogP contribution in [0.25, 0.3) is 0 Å². The molecule has 0 aliphatic heterocycles. The molecule has 4 rings (SSSR count). The van der Waals surface area contributed by atoms with Crippen LogP contribution in [0.1, 0.15) is 149 Å². The first-order valence-corrected chi connectivity index (χ1v) is 24.1. The van der Waals surface area contributed by atoms with Crippen LogP contribution in [0.5, 0.6) is 0 Å². The minimum absolute atomic E-state index is 1.36. The van der Waals surface area contributed by atoms with Crippen molar-refractivity contribution in [1.82, 2.24) is 0 Å². The van der Waals surface area contributed by atoms with Gasteiger partial charge >= 0.3 is 0 Å². The molecule has 0 unspecified atom stereocenters. The molecule has 0 fully saturated rings. The summed E-state index contributed by atoms with van der Waals surface area (Å²) in [7, 11) is 0. The lowest BCUT2D eigenvalue weighted by atomic mass is 9.12. The molecule has 0 radical (unpaired) electrons. The van der Waals surface area contributed by atoms with Crippen molar-refractivity contribution in [1.29, 1.82) is 0 Å². The highest BCUT2D eigenvalue weighted by molar-refractivity contribution is 7.20. The summed E-state index contributed by atoms with van der Waals surface area (Å²) in [5.41, 5.74) is -14.3. The maximum Gasteiger partial charge on any atom is 0.200 e. The van der Waals surface area contributed by atoms with Crippen LogP contribution in [0.2, 0.25) is 0 Å². The summed E-state index contributed by atoms with van der Waals surface area (Å²) in [4.78, 5) is 1.88. The summed E-state index contributed by atoms with van der Waals surface area (Å²) < 4.78 is 294. The summed E-state index contributed by atoms with van der Waals surface area (Å²) in [5, 5.41) is 0. The van der Waals surface area contributed by atoms with Crippen molar-refractivity contribution < 1.29 is 92.7 Å². The number of hydrogen-bond acceptors (Lipinski definition) is 0. The van der Waals surface area contributed by atoms with E-state index in [1.807, 2.05) is 4.90 Å². The Bertz CT molecular complexity index is 2040. The lowest BCUT2D eigenvalue weighted by Gasteiger charge is -2.44. The zero-order valence-corrected chi connectivity index (χ0v) is 39.9. The quantitative estimate of drug-likeness (QED) is 0.0200. The normalized spacial score (nSPS) is 11.8. The lowest BCUT2D eigenvalue weighted by molar-refractivity contribution is -0.900. The Balaban J connectivity index is 0.000000436. The van der Waals surface area contributed by atoms with E-state index in [-0.39, 0.29) is 0 Å². The molecule has 0 heterocycles. The third kappa shape index (κ3) is 13.6. The molecule has 404 valence electrons. The molecule has 0 saturated heterocycles. The van der Waals surface area contributed by atoms with E-state index >= 15 is 35.1 Å². The van der Waals surface area contributed by atoms with Gasteiger partial charge in [0, 0.05) is 0 Å². The van der Waals surface area contributed by atoms with Gasteiger partial charge in [-0.15, -0.1) is 21.9 Å². The van der Waals surface area contributed by atoms with Gasteiger partial charge in [-0.2, -0.15) is 0 Å². The van der Waals surface area contributed by atoms with Crippen molar-refractivity contribution >= 4 is 28.0 Å². The molecule has 1 nitrogen and oxygen atoms in total. The second kappa shape index (κ2) is 28.8. The molecular weight excluding hydrogens is 1010 g/mol. The largest absolute Gasteiger partial charge is 0.335 e. The van der Waals surface area contributed by atoms with Crippen LogP contribution in [0, 0.1) is 116 Å². The van der Waals surface area contributed by atoms with E-state index < -0.39 is 144 Å². The van der Waals surface area contributed by atoms with E-state index in [0.29, 0.717) is 0 Å². The minimum Gasteiger partial charge on any atom is -0.335 e. The van der Waals surface area contributed by atoms with E-state index in [1.54, 1.807) is 0 Å². The highest BCUT2D eigenvalue weighted by Crippen LogP contribution is 2.31. The van der Waals surface area contributed by atoms with Gasteiger partial charge in [0.25, 0.3) is 0 Å². The van der Waals surface area contributed by atoms with Gasteiger partial charge in [-0.3, -0.25) is 0 Å². The minimum atomic E-state index is -7.22. The van der Waals surface area contributed by atoms with Crippen LogP contribution in [0.15, 0.2) is 0 Å². The molecule has 0 bridgehead atoms. The molecule has 1 N–H and O–H groups in total. The van der Waals surface area contributed by atoms with Gasteiger partial charge in [0.05, 0.1) is 19.6 Å². The Hall–Kier alpha value is -4.50. The van der Waals surface area contributed by atoms with E-state index in [4.69, 9.17) is 0 Å². The second-order valence-electron chi connectivity index (χ2n) is 17.8. The first-order chi connectivity index (χ1) is 34.0. The molecule has 22 heteroatoms. The maximum atomic E-state index is 15.4. The van der Waals surface area contributed by atoms with Crippen LogP contribution in [0.4, 0.5) is 87.8 Å². The summed E-state index contributed by atoms with van der Waals surface area (Å²) in [6, 6.07) is 0. The Morgan fingerprint density at radius 1 is 0.208 bits per heavy atom. The fraction of sp³-hybridized carbons (Fsp3) is 0.520. The molecule has 0 saturated carbocycles. The standard InChI is InChI=1S/C26H55N.C24BF20/c1-4-7-10-11-12-13-14-15-16-17-18-19-20-21-22-23-26-27(24-8-5-2)25-9-6-3;26-5-1(6(27)14(35)21(42)13(5)34)25(2-7(28)15(36)22(43)16(37)8(2)29,3-9(30)17(38)23(44)18(39)10(3)31)4-11(32)19(40)24(45)20(41)12(4)33/h4-26H2,1-3H3;/q;-1/p+1. The van der Waals surface area contributed by atoms with E-state index in [9.17, 15) is 52.7 Å². The monoisotopic (exact) mass is 1060 g/mol. The van der Waals surface area contributed by atoms with E-state index in [2.05, 4.69) is 20.8 Å². The topological polar surface area (TPSA) is 4.44 Å². The molecule has 0 amide bonds. The molecule has 0 atom stereocenters. The lowest BCUT2D eigenvalue weighted by Crippen LogP contribution is -3.12. The zero-order valence-electron chi connectivity index (χ0n) is 39.9. The van der Waals surface area contributed by atoms with Crippen LogP contribution in [0.3, 0.4) is 0 Å². The van der Waals surface area contributed by atoms with Crippen molar-refractivity contribution in [2.45, 2.75) is 149 Å². The fourth-order valence-electron chi connectivity index (χ4n) is 9.03. The van der Waals surface area contributed by atoms with Gasteiger partial charge in [-0.25, -0.2) is 87.8 Å². The Labute approximate surface area is 405 Å². The first-order valence-electron chi connectivity index (χ1n) is 24.1. The van der Waals surface area contributed by atoms with Crippen molar-refractivity contribution in [2.24, 2.45) is 0 Å².